The molecule has 0 saturated heterocycles. The van der Waals surface area contributed by atoms with Crippen molar-refractivity contribution in [3.63, 3.8) is 0 Å². The van der Waals surface area contributed by atoms with Gasteiger partial charge in [-0.3, -0.25) is 9.78 Å². The van der Waals surface area contributed by atoms with Gasteiger partial charge >= 0.3 is 0 Å². The van der Waals surface area contributed by atoms with Gasteiger partial charge in [0, 0.05) is 23.9 Å². The van der Waals surface area contributed by atoms with E-state index in [0.29, 0.717) is 6.54 Å². The zero-order valence-electron chi connectivity index (χ0n) is 5.79. The molecule has 1 N–H and O–H groups in total. The molecule has 0 bridgehead atoms. The van der Waals surface area contributed by atoms with Crippen molar-refractivity contribution in [1.82, 2.24) is 10.3 Å². The molecule has 0 spiro atoms. The quantitative estimate of drug-likeness (QED) is 0.543. The summed E-state index contributed by atoms with van der Waals surface area (Å²) in [6.07, 6.45) is 1.64. The van der Waals surface area contributed by atoms with Gasteiger partial charge < -0.3 is 5.32 Å². The fraction of sp³-hybridized carbons (Fsp3) is 0.143. The SMILES string of the molecule is O=C1NCc2c1ccnc2P. The molecule has 0 saturated carbocycles. The van der Waals surface area contributed by atoms with E-state index >= 15 is 0 Å². The summed E-state index contributed by atoms with van der Waals surface area (Å²) in [7, 11) is 2.52. The molecule has 2 rings (SSSR count). The lowest BCUT2D eigenvalue weighted by atomic mass is 10.2. The largest absolute Gasteiger partial charge is 0.348 e. The van der Waals surface area contributed by atoms with Crippen molar-refractivity contribution in [2.24, 2.45) is 0 Å². The average molecular weight is 166 g/mol. The minimum absolute atomic E-state index is 0.00565. The van der Waals surface area contributed by atoms with Crippen LogP contribution in [0, 0.1) is 0 Å². The zero-order chi connectivity index (χ0) is 7.84. The number of nitrogens with zero attached hydrogens (tertiary/aromatic N) is 1. The molecule has 1 aromatic rings. The molecule has 0 fully saturated rings. The number of rotatable bonds is 0. The standard InChI is InChI=1S/C7H7N2OP/c10-6-4-1-2-8-7(11)5(4)3-9-6/h1-2H,3,11H2,(H,9,10). The second kappa shape index (κ2) is 2.28. The third-order valence-electron chi connectivity index (χ3n) is 1.76. The van der Waals surface area contributed by atoms with Gasteiger partial charge in [0.2, 0.25) is 0 Å². The fourth-order valence-electron chi connectivity index (χ4n) is 1.17. The van der Waals surface area contributed by atoms with Crippen LogP contribution in [0.4, 0.5) is 0 Å². The van der Waals surface area contributed by atoms with Gasteiger partial charge in [-0.1, -0.05) is 9.24 Å². The Morgan fingerprint density at radius 1 is 1.64 bits per heavy atom. The number of hydrogen-bond donors (Lipinski definition) is 1. The summed E-state index contributed by atoms with van der Waals surface area (Å²) in [5.41, 5.74) is 2.62. The maximum Gasteiger partial charge on any atom is 0.252 e. The predicted octanol–water partition coefficient (Wildman–Crippen LogP) is -0.175. The fourth-order valence-corrected chi connectivity index (χ4v) is 1.51. The number of fused-ring (bicyclic) bond motifs is 1. The Kier molecular flexibility index (Phi) is 1.40. The van der Waals surface area contributed by atoms with Gasteiger partial charge in [0.1, 0.15) is 0 Å². The minimum Gasteiger partial charge on any atom is -0.348 e. The normalized spacial score (nSPS) is 14.5. The van der Waals surface area contributed by atoms with Crippen LogP contribution in [-0.4, -0.2) is 10.9 Å². The molecule has 0 radical (unpaired) electrons. The van der Waals surface area contributed by atoms with Gasteiger partial charge in [0.05, 0.1) is 5.44 Å². The van der Waals surface area contributed by atoms with E-state index in [1.54, 1.807) is 12.3 Å². The Balaban J connectivity index is 2.66. The van der Waals surface area contributed by atoms with E-state index in [1.807, 2.05) is 0 Å². The Morgan fingerprint density at radius 3 is 3.18 bits per heavy atom. The molecular formula is C7H7N2OP. The highest BCUT2D eigenvalue weighted by molar-refractivity contribution is 7.27. The highest BCUT2D eigenvalue weighted by Gasteiger charge is 2.19. The second-order valence-electron chi connectivity index (χ2n) is 2.40. The van der Waals surface area contributed by atoms with Crippen LogP contribution in [0.25, 0.3) is 0 Å². The van der Waals surface area contributed by atoms with Crippen LogP contribution in [0.2, 0.25) is 0 Å². The molecule has 1 unspecified atom stereocenters. The Hall–Kier alpha value is -0.950. The van der Waals surface area contributed by atoms with Gasteiger partial charge in [-0.25, -0.2) is 0 Å². The van der Waals surface area contributed by atoms with Crippen LogP contribution in [0.5, 0.6) is 0 Å². The van der Waals surface area contributed by atoms with Crippen molar-refractivity contribution < 1.29 is 4.79 Å². The Morgan fingerprint density at radius 2 is 2.45 bits per heavy atom. The van der Waals surface area contributed by atoms with Gasteiger partial charge in [-0.05, 0) is 6.07 Å². The van der Waals surface area contributed by atoms with Crippen molar-refractivity contribution in [1.29, 1.82) is 0 Å². The predicted molar refractivity (Wildman–Crippen MR) is 44.8 cm³/mol. The maximum atomic E-state index is 11.1. The van der Waals surface area contributed by atoms with Gasteiger partial charge in [-0.2, -0.15) is 0 Å². The van der Waals surface area contributed by atoms with E-state index in [9.17, 15) is 4.79 Å². The van der Waals surface area contributed by atoms with Gasteiger partial charge in [0.25, 0.3) is 5.91 Å². The molecule has 0 aliphatic carbocycles. The van der Waals surface area contributed by atoms with Crippen LogP contribution < -0.4 is 10.8 Å². The number of nitrogens with one attached hydrogen (secondary N) is 1. The molecule has 11 heavy (non-hydrogen) atoms. The Bertz CT molecular complexity index is 324. The van der Waals surface area contributed by atoms with Crippen molar-refractivity contribution in [3.05, 3.63) is 23.4 Å². The zero-order valence-corrected chi connectivity index (χ0v) is 6.95. The molecule has 0 aromatic carbocycles. The first-order valence-corrected chi connectivity index (χ1v) is 3.88. The Labute approximate surface area is 66.4 Å². The second-order valence-corrected chi connectivity index (χ2v) is 2.95. The number of pyridine rings is 1. The maximum absolute atomic E-state index is 11.1. The first kappa shape index (κ1) is 6.74. The number of aromatic nitrogens is 1. The molecule has 2 heterocycles. The van der Waals surface area contributed by atoms with Crippen molar-refractivity contribution >= 4 is 20.6 Å². The number of amides is 1. The molecule has 4 heteroatoms. The minimum atomic E-state index is 0.00565. The molecule has 1 amide bonds. The molecule has 1 aromatic heterocycles. The lowest BCUT2D eigenvalue weighted by molar-refractivity contribution is 0.0966. The number of carbonyl (C=O) groups is 1. The molecular weight excluding hydrogens is 159 g/mol. The smallest absolute Gasteiger partial charge is 0.252 e. The lowest BCUT2D eigenvalue weighted by Crippen LogP contribution is -2.12. The lowest BCUT2D eigenvalue weighted by Gasteiger charge is -1.96. The van der Waals surface area contributed by atoms with E-state index in [-0.39, 0.29) is 5.91 Å². The number of hydrogen-bond acceptors (Lipinski definition) is 2. The monoisotopic (exact) mass is 166 g/mol. The van der Waals surface area contributed by atoms with Crippen LogP contribution in [0.15, 0.2) is 12.3 Å². The third kappa shape index (κ3) is 0.925. The van der Waals surface area contributed by atoms with E-state index in [2.05, 4.69) is 19.5 Å². The van der Waals surface area contributed by atoms with E-state index in [1.165, 1.54) is 0 Å². The van der Waals surface area contributed by atoms with E-state index in [0.717, 1.165) is 16.6 Å². The topological polar surface area (TPSA) is 42.0 Å². The first-order chi connectivity index (χ1) is 5.29. The molecule has 56 valence electrons. The van der Waals surface area contributed by atoms with Crippen molar-refractivity contribution in [2.75, 3.05) is 0 Å². The van der Waals surface area contributed by atoms with Crippen LogP contribution >= 0.6 is 9.24 Å². The summed E-state index contributed by atoms with van der Waals surface area (Å²) in [5, 5.41) is 2.73. The molecule has 1 aliphatic heterocycles. The highest BCUT2D eigenvalue weighted by Crippen LogP contribution is 2.12. The summed E-state index contributed by atoms with van der Waals surface area (Å²) < 4.78 is 0. The summed E-state index contributed by atoms with van der Waals surface area (Å²) in [6, 6.07) is 1.74. The van der Waals surface area contributed by atoms with E-state index < -0.39 is 0 Å². The third-order valence-corrected chi connectivity index (χ3v) is 2.26. The summed E-state index contributed by atoms with van der Waals surface area (Å²) in [5.74, 6) is 0.00565. The summed E-state index contributed by atoms with van der Waals surface area (Å²) in [6.45, 7) is 0.612. The highest BCUT2D eigenvalue weighted by atomic mass is 31.0. The van der Waals surface area contributed by atoms with E-state index in [4.69, 9.17) is 0 Å². The molecule has 3 nitrogen and oxygen atoms in total. The van der Waals surface area contributed by atoms with Gasteiger partial charge in [0.15, 0.2) is 0 Å². The summed E-state index contributed by atoms with van der Waals surface area (Å²) in [4.78, 5) is 15.1. The first-order valence-electron chi connectivity index (χ1n) is 3.30. The molecule has 1 atom stereocenters. The van der Waals surface area contributed by atoms with Crippen LogP contribution in [0.1, 0.15) is 15.9 Å². The number of carbonyl (C=O) groups excluding carboxylic acids is 1. The van der Waals surface area contributed by atoms with Crippen LogP contribution in [0.3, 0.4) is 0 Å². The van der Waals surface area contributed by atoms with Gasteiger partial charge in [-0.15, -0.1) is 0 Å². The summed E-state index contributed by atoms with van der Waals surface area (Å²) >= 11 is 0. The van der Waals surface area contributed by atoms with Crippen LogP contribution in [-0.2, 0) is 6.54 Å². The molecule has 1 aliphatic rings. The van der Waals surface area contributed by atoms with Crippen molar-refractivity contribution in [2.45, 2.75) is 6.54 Å². The van der Waals surface area contributed by atoms with Crippen molar-refractivity contribution in [3.8, 4) is 0 Å². The average Bonchev–Trinajstić information content (AvgIpc) is 2.35.